The molecule has 1 N–H and O–H groups in total. The Labute approximate surface area is 130 Å². The van der Waals surface area contributed by atoms with Crippen LogP contribution in [0.15, 0.2) is 0 Å². The number of esters is 2. The normalized spacial score (nSPS) is 34.1. The number of hydrogen-bond acceptors (Lipinski definition) is 6. The van der Waals surface area contributed by atoms with Gasteiger partial charge in [0.1, 0.15) is 6.10 Å². The van der Waals surface area contributed by atoms with Crippen LogP contribution in [0.4, 0.5) is 0 Å². The van der Waals surface area contributed by atoms with E-state index in [0.717, 1.165) is 0 Å². The molecule has 2 rings (SSSR count). The summed E-state index contributed by atoms with van der Waals surface area (Å²) in [6.07, 6.45) is -0.655. The van der Waals surface area contributed by atoms with Crippen LogP contribution in [0.1, 0.15) is 20.3 Å². The Hall–Kier alpha value is -1.41. The molecule has 0 aliphatic carbocycles. The molecule has 2 aliphatic rings. The van der Waals surface area contributed by atoms with Crippen molar-refractivity contribution >= 4 is 26.2 Å². The quantitative estimate of drug-likeness (QED) is 0.451. The Morgan fingerprint density at radius 1 is 1.36 bits per heavy atom. The van der Waals surface area contributed by atoms with Gasteiger partial charge in [-0.1, -0.05) is 0 Å². The van der Waals surface area contributed by atoms with Crippen molar-refractivity contribution in [2.45, 2.75) is 57.7 Å². The fourth-order valence-corrected chi connectivity index (χ4v) is 4.38. The molecule has 0 unspecified atom stereocenters. The number of hydrogen-bond donors (Lipinski definition) is 1. The van der Waals surface area contributed by atoms with E-state index >= 15 is 0 Å². The van der Waals surface area contributed by atoms with E-state index in [-0.39, 0.29) is 19.1 Å². The second-order valence-corrected chi connectivity index (χ2v) is 11.1. The fraction of sp³-hybridized carbons (Fsp3) is 0.786. The van der Waals surface area contributed by atoms with E-state index in [9.17, 15) is 14.4 Å². The first kappa shape index (κ1) is 16.9. The number of rotatable bonds is 5. The van der Waals surface area contributed by atoms with Crippen molar-refractivity contribution in [1.82, 2.24) is 5.32 Å². The Morgan fingerprint density at radius 3 is 2.55 bits per heavy atom. The van der Waals surface area contributed by atoms with Gasteiger partial charge in [-0.05, 0) is 33.5 Å². The molecule has 2 bridgehead atoms. The first-order valence-electron chi connectivity index (χ1n) is 7.49. The number of piperidine rings is 1. The Kier molecular flexibility index (Phi) is 4.36. The molecule has 4 atom stereocenters. The minimum atomic E-state index is -2.24. The molecule has 0 aromatic carbocycles. The maximum Gasteiger partial charge on any atom is 0.348 e. The lowest BCUT2D eigenvalue weighted by Crippen LogP contribution is -2.66. The van der Waals surface area contributed by atoms with E-state index in [2.05, 4.69) is 5.32 Å². The number of ether oxygens (including phenoxy) is 2. The van der Waals surface area contributed by atoms with Gasteiger partial charge in [0, 0.05) is 0 Å². The molecule has 2 aliphatic heterocycles. The molecule has 1 amide bonds. The predicted molar refractivity (Wildman–Crippen MR) is 79.4 cm³/mol. The highest BCUT2D eigenvalue weighted by Crippen LogP contribution is 2.44. The van der Waals surface area contributed by atoms with Crippen molar-refractivity contribution < 1.29 is 28.3 Å². The summed E-state index contributed by atoms with van der Waals surface area (Å²) in [5, 5.41) is 2.73. The smallest absolute Gasteiger partial charge is 0.348 e. The SMILES string of the molecule is CCOC(=O)C[C@@H]1[C@@H]2OC(=O)[C@@]1(O[Si](C)(C)C)C(=O)N[C@@H]2C. The maximum absolute atomic E-state index is 12.6. The zero-order valence-electron chi connectivity index (χ0n) is 13.6. The van der Waals surface area contributed by atoms with Crippen molar-refractivity contribution in [3.05, 3.63) is 0 Å². The number of amides is 1. The monoisotopic (exact) mass is 329 g/mol. The summed E-state index contributed by atoms with van der Waals surface area (Å²) in [4.78, 5) is 36.9. The van der Waals surface area contributed by atoms with E-state index in [1.165, 1.54) is 0 Å². The van der Waals surface area contributed by atoms with E-state index in [1.54, 1.807) is 13.8 Å². The molecule has 0 aromatic heterocycles. The summed E-state index contributed by atoms with van der Waals surface area (Å²) in [6, 6.07) is -0.364. The highest BCUT2D eigenvalue weighted by molar-refractivity contribution is 6.70. The maximum atomic E-state index is 12.6. The van der Waals surface area contributed by atoms with Gasteiger partial charge in [-0.3, -0.25) is 9.59 Å². The average Bonchev–Trinajstić information content (AvgIpc) is 2.57. The molecular formula is C14H23NO6Si. The molecule has 8 heteroatoms. The summed E-state index contributed by atoms with van der Waals surface area (Å²) in [7, 11) is -2.24. The van der Waals surface area contributed by atoms with Crippen molar-refractivity contribution in [3.8, 4) is 0 Å². The van der Waals surface area contributed by atoms with Gasteiger partial charge in [0.25, 0.3) is 5.91 Å². The first-order chi connectivity index (χ1) is 10.1. The first-order valence-corrected chi connectivity index (χ1v) is 10.9. The van der Waals surface area contributed by atoms with Gasteiger partial charge in [-0.15, -0.1) is 0 Å². The number of nitrogens with one attached hydrogen (secondary N) is 1. The third kappa shape index (κ3) is 2.77. The molecule has 7 nitrogen and oxygen atoms in total. The highest BCUT2D eigenvalue weighted by atomic mass is 28.4. The second kappa shape index (κ2) is 5.66. The molecule has 22 heavy (non-hydrogen) atoms. The third-order valence-electron chi connectivity index (χ3n) is 3.81. The summed E-state index contributed by atoms with van der Waals surface area (Å²) >= 11 is 0. The van der Waals surface area contributed by atoms with Crippen LogP contribution in [0.25, 0.3) is 0 Å². The Balaban J connectivity index is 2.40. The molecule has 2 saturated heterocycles. The van der Waals surface area contributed by atoms with Crippen LogP contribution in [0.3, 0.4) is 0 Å². The molecular weight excluding hydrogens is 306 g/mol. The third-order valence-corrected chi connectivity index (χ3v) is 4.75. The number of carbonyl (C=O) groups is 3. The van der Waals surface area contributed by atoms with Gasteiger partial charge < -0.3 is 19.2 Å². The topological polar surface area (TPSA) is 90.9 Å². The van der Waals surface area contributed by atoms with Crippen molar-refractivity contribution in [3.63, 3.8) is 0 Å². The van der Waals surface area contributed by atoms with Crippen molar-refractivity contribution in [2.24, 2.45) is 5.92 Å². The summed E-state index contributed by atoms with van der Waals surface area (Å²) in [5.74, 6) is -2.33. The van der Waals surface area contributed by atoms with Gasteiger partial charge in [0.05, 0.1) is 25.0 Å². The van der Waals surface area contributed by atoms with Crippen molar-refractivity contribution in [1.29, 1.82) is 0 Å². The highest BCUT2D eigenvalue weighted by Gasteiger charge is 2.69. The molecule has 0 spiro atoms. The van der Waals surface area contributed by atoms with Crippen LogP contribution in [0.2, 0.25) is 19.6 Å². The van der Waals surface area contributed by atoms with Crippen LogP contribution in [0.5, 0.6) is 0 Å². The Bertz CT molecular complexity index is 502. The minimum absolute atomic E-state index is 0.0769. The largest absolute Gasteiger partial charge is 0.466 e. The van der Waals surface area contributed by atoms with Gasteiger partial charge >= 0.3 is 11.9 Å². The Morgan fingerprint density at radius 2 is 2.00 bits per heavy atom. The van der Waals surface area contributed by atoms with E-state index < -0.39 is 43.8 Å². The van der Waals surface area contributed by atoms with Crippen LogP contribution in [-0.4, -0.2) is 50.5 Å². The van der Waals surface area contributed by atoms with Crippen LogP contribution >= 0.6 is 0 Å². The van der Waals surface area contributed by atoms with Crippen LogP contribution < -0.4 is 5.32 Å². The average molecular weight is 329 g/mol. The van der Waals surface area contributed by atoms with E-state index in [1.807, 2.05) is 19.6 Å². The zero-order valence-corrected chi connectivity index (χ0v) is 14.6. The van der Waals surface area contributed by atoms with Gasteiger partial charge in [0.2, 0.25) is 5.60 Å². The number of fused-ring (bicyclic) bond motifs is 2. The molecule has 124 valence electrons. The number of carbonyl (C=O) groups excluding carboxylic acids is 3. The zero-order chi connectivity index (χ0) is 16.7. The molecule has 0 radical (unpaired) electrons. The van der Waals surface area contributed by atoms with Gasteiger partial charge in [-0.2, -0.15) is 0 Å². The molecule has 0 saturated carbocycles. The minimum Gasteiger partial charge on any atom is -0.466 e. The van der Waals surface area contributed by atoms with Crippen molar-refractivity contribution in [2.75, 3.05) is 6.61 Å². The summed E-state index contributed by atoms with van der Waals surface area (Å²) < 4.78 is 16.3. The summed E-state index contributed by atoms with van der Waals surface area (Å²) in [6.45, 7) is 9.35. The van der Waals surface area contributed by atoms with Crippen LogP contribution in [0, 0.1) is 5.92 Å². The second-order valence-electron chi connectivity index (χ2n) is 6.70. The predicted octanol–water partition coefficient (Wildman–Crippen LogP) is 0.590. The standard InChI is InChI=1S/C14H23NO6Si/c1-6-19-10(16)7-9-11-8(2)15-12(17)14(9,13(18)20-11)21-22(3,4)5/h8-9,11H,6-7H2,1-5H3,(H,15,17)/t8-,9-,11-,14+/m1/s1. The van der Waals surface area contributed by atoms with E-state index in [4.69, 9.17) is 13.9 Å². The van der Waals surface area contributed by atoms with Crippen LogP contribution in [-0.2, 0) is 28.3 Å². The lowest BCUT2D eigenvalue weighted by Gasteiger charge is -2.40. The lowest BCUT2D eigenvalue weighted by atomic mass is 9.77. The fourth-order valence-electron chi connectivity index (χ4n) is 3.09. The summed E-state index contributed by atoms with van der Waals surface area (Å²) in [5.41, 5.74) is -1.73. The van der Waals surface area contributed by atoms with Gasteiger partial charge in [0.15, 0.2) is 8.32 Å². The van der Waals surface area contributed by atoms with Gasteiger partial charge in [-0.25, -0.2) is 4.79 Å². The van der Waals surface area contributed by atoms with E-state index in [0.29, 0.717) is 0 Å². The lowest BCUT2D eigenvalue weighted by molar-refractivity contribution is -0.160. The molecule has 2 fully saturated rings. The molecule has 2 heterocycles. The molecule has 0 aromatic rings.